The van der Waals surface area contributed by atoms with Crippen LogP contribution in [-0.4, -0.2) is 27.8 Å². The minimum atomic E-state index is -3.21. The summed E-state index contributed by atoms with van der Waals surface area (Å²) in [6, 6.07) is 7.21. The van der Waals surface area contributed by atoms with Crippen LogP contribution in [0.15, 0.2) is 24.3 Å². The van der Waals surface area contributed by atoms with Gasteiger partial charge in [0, 0.05) is 13.0 Å². The minimum Gasteiger partial charge on any atom is -0.491 e. The molecule has 0 N–H and O–H groups in total. The van der Waals surface area contributed by atoms with Crippen LogP contribution in [0.5, 0.6) is 5.75 Å². The molecule has 0 saturated carbocycles. The number of anilines is 1. The summed E-state index contributed by atoms with van der Waals surface area (Å²) in [4.78, 5) is 0. The van der Waals surface area contributed by atoms with Crippen molar-refractivity contribution in [3.05, 3.63) is 24.3 Å². The van der Waals surface area contributed by atoms with E-state index in [0.717, 1.165) is 0 Å². The molecule has 2 rings (SSSR count). The maximum Gasteiger partial charge on any atom is 0.232 e. The van der Waals surface area contributed by atoms with E-state index in [1.54, 1.807) is 12.1 Å². The lowest BCUT2D eigenvalue weighted by Gasteiger charge is -2.20. The maximum atomic E-state index is 11.6. The second-order valence-corrected chi connectivity index (χ2v) is 5.41. The van der Waals surface area contributed by atoms with Gasteiger partial charge in [-0.15, -0.1) is 0 Å². The van der Waals surface area contributed by atoms with Gasteiger partial charge in [-0.05, 0) is 12.1 Å². The molecule has 5 heteroatoms. The van der Waals surface area contributed by atoms with Gasteiger partial charge in [-0.3, -0.25) is 4.31 Å². The third kappa shape index (κ3) is 2.07. The molecule has 0 aromatic heterocycles. The summed E-state index contributed by atoms with van der Waals surface area (Å²) in [7, 11) is -3.21. The fraction of sp³-hybridized carbons (Fsp3) is 0.400. The van der Waals surface area contributed by atoms with Crippen LogP contribution >= 0.6 is 0 Å². The molecule has 1 aliphatic heterocycles. The number of hydrogen-bond donors (Lipinski definition) is 0. The number of hydrogen-bond acceptors (Lipinski definition) is 3. The van der Waals surface area contributed by atoms with Crippen molar-refractivity contribution >= 4 is 15.7 Å². The third-order valence-electron chi connectivity index (χ3n) is 2.30. The number of fused-ring (bicyclic) bond motifs is 1. The number of nitrogens with zero attached hydrogens (tertiary/aromatic N) is 1. The fourth-order valence-corrected chi connectivity index (χ4v) is 2.61. The molecule has 0 fully saturated rings. The summed E-state index contributed by atoms with van der Waals surface area (Å²) >= 11 is 0. The average molecular weight is 227 g/mol. The van der Waals surface area contributed by atoms with E-state index in [1.165, 1.54) is 10.6 Å². The average Bonchev–Trinajstić information content (AvgIpc) is 2.38. The Morgan fingerprint density at radius 3 is 2.80 bits per heavy atom. The lowest BCUT2D eigenvalue weighted by Crippen LogP contribution is -2.30. The second kappa shape index (κ2) is 3.73. The number of rotatable bonds is 1. The molecule has 0 spiro atoms. The zero-order valence-electron chi connectivity index (χ0n) is 8.51. The highest BCUT2D eigenvalue weighted by Gasteiger charge is 2.22. The lowest BCUT2D eigenvalue weighted by molar-refractivity contribution is 0.322. The molecular formula is C10H13NO3S. The van der Waals surface area contributed by atoms with Crippen LogP contribution in [0.25, 0.3) is 0 Å². The Hall–Kier alpha value is -1.23. The third-order valence-corrected chi connectivity index (χ3v) is 3.48. The molecule has 1 aromatic carbocycles. The molecule has 0 amide bonds. The van der Waals surface area contributed by atoms with E-state index in [9.17, 15) is 8.42 Å². The molecule has 1 heterocycles. The molecule has 4 nitrogen and oxygen atoms in total. The van der Waals surface area contributed by atoms with Gasteiger partial charge in [-0.2, -0.15) is 0 Å². The monoisotopic (exact) mass is 227 g/mol. The first kappa shape index (κ1) is 10.3. The van der Waals surface area contributed by atoms with Crippen molar-refractivity contribution in [1.82, 2.24) is 0 Å². The standard InChI is InChI=1S/C10H13NO3S/c1-15(12,13)11-7-4-8-14-10-6-3-2-5-9(10)11/h2-3,5-6H,4,7-8H2,1H3. The number of benzene rings is 1. The van der Waals surface area contributed by atoms with Crippen LogP contribution in [0.3, 0.4) is 0 Å². The topological polar surface area (TPSA) is 46.6 Å². The van der Waals surface area contributed by atoms with Crippen molar-refractivity contribution < 1.29 is 13.2 Å². The predicted octanol–water partition coefficient (Wildman–Crippen LogP) is 1.24. The van der Waals surface area contributed by atoms with E-state index < -0.39 is 10.0 Å². The summed E-state index contributed by atoms with van der Waals surface area (Å²) in [5, 5.41) is 0. The van der Waals surface area contributed by atoms with Crippen molar-refractivity contribution in [2.45, 2.75) is 6.42 Å². The summed E-state index contributed by atoms with van der Waals surface area (Å²) < 4.78 is 30.0. The normalized spacial score (nSPS) is 16.5. The zero-order chi connectivity index (χ0) is 10.9. The molecule has 0 unspecified atom stereocenters. The van der Waals surface area contributed by atoms with Crippen molar-refractivity contribution in [3.8, 4) is 5.75 Å². The predicted molar refractivity (Wildman–Crippen MR) is 58.7 cm³/mol. The van der Waals surface area contributed by atoms with E-state index >= 15 is 0 Å². The Morgan fingerprint density at radius 1 is 1.33 bits per heavy atom. The first-order chi connectivity index (χ1) is 7.09. The summed E-state index contributed by atoms with van der Waals surface area (Å²) in [5.74, 6) is 0.639. The first-order valence-corrected chi connectivity index (χ1v) is 6.63. The van der Waals surface area contributed by atoms with Crippen LogP contribution in [0.2, 0.25) is 0 Å². The van der Waals surface area contributed by atoms with Crippen LogP contribution in [0, 0.1) is 0 Å². The Labute approximate surface area is 89.5 Å². The Morgan fingerprint density at radius 2 is 2.07 bits per heavy atom. The molecular weight excluding hydrogens is 214 g/mol. The van der Waals surface area contributed by atoms with Gasteiger partial charge in [0.05, 0.1) is 18.6 Å². The van der Waals surface area contributed by atoms with Crippen molar-refractivity contribution in [2.75, 3.05) is 23.7 Å². The molecule has 0 bridgehead atoms. The Balaban J connectivity index is 2.51. The highest BCUT2D eigenvalue weighted by molar-refractivity contribution is 7.92. The van der Waals surface area contributed by atoms with E-state index in [2.05, 4.69) is 0 Å². The molecule has 82 valence electrons. The molecule has 0 saturated heterocycles. The van der Waals surface area contributed by atoms with E-state index in [1.807, 2.05) is 12.1 Å². The van der Waals surface area contributed by atoms with Gasteiger partial charge < -0.3 is 4.74 Å². The number of ether oxygens (including phenoxy) is 1. The second-order valence-electron chi connectivity index (χ2n) is 3.50. The van der Waals surface area contributed by atoms with Crippen LogP contribution < -0.4 is 9.04 Å². The first-order valence-electron chi connectivity index (χ1n) is 4.78. The largest absolute Gasteiger partial charge is 0.491 e. The van der Waals surface area contributed by atoms with E-state index in [-0.39, 0.29) is 0 Å². The zero-order valence-corrected chi connectivity index (χ0v) is 9.33. The number of sulfonamides is 1. The Kier molecular flexibility index (Phi) is 2.56. The quantitative estimate of drug-likeness (QED) is 0.725. The summed E-state index contributed by atoms with van der Waals surface area (Å²) in [5.41, 5.74) is 0.637. The molecule has 15 heavy (non-hydrogen) atoms. The van der Waals surface area contributed by atoms with Crippen LogP contribution in [0.1, 0.15) is 6.42 Å². The van der Waals surface area contributed by atoms with Crippen molar-refractivity contribution in [3.63, 3.8) is 0 Å². The smallest absolute Gasteiger partial charge is 0.232 e. The molecule has 0 radical (unpaired) electrons. The minimum absolute atomic E-state index is 0.482. The van der Waals surface area contributed by atoms with E-state index in [0.29, 0.717) is 31.0 Å². The molecule has 1 aliphatic rings. The van der Waals surface area contributed by atoms with E-state index in [4.69, 9.17) is 4.74 Å². The van der Waals surface area contributed by atoms with Gasteiger partial charge >= 0.3 is 0 Å². The van der Waals surface area contributed by atoms with Gasteiger partial charge in [0.2, 0.25) is 10.0 Å². The Bertz CT molecular complexity index is 455. The van der Waals surface area contributed by atoms with Crippen LogP contribution in [-0.2, 0) is 10.0 Å². The summed E-state index contributed by atoms with van der Waals surface area (Å²) in [6.45, 7) is 1.04. The molecule has 0 atom stereocenters. The maximum absolute atomic E-state index is 11.6. The van der Waals surface area contributed by atoms with Gasteiger partial charge in [0.1, 0.15) is 5.75 Å². The van der Waals surface area contributed by atoms with Crippen LogP contribution in [0.4, 0.5) is 5.69 Å². The lowest BCUT2D eigenvalue weighted by atomic mass is 10.3. The van der Waals surface area contributed by atoms with Crippen molar-refractivity contribution in [2.24, 2.45) is 0 Å². The summed E-state index contributed by atoms with van der Waals surface area (Å²) in [6.07, 6.45) is 1.93. The molecule has 1 aromatic rings. The highest BCUT2D eigenvalue weighted by Crippen LogP contribution is 2.31. The molecule has 0 aliphatic carbocycles. The van der Waals surface area contributed by atoms with Gasteiger partial charge in [-0.25, -0.2) is 8.42 Å². The fourth-order valence-electron chi connectivity index (χ4n) is 1.64. The van der Waals surface area contributed by atoms with Gasteiger partial charge in [0.25, 0.3) is 0 Å². The van der Waals surface area contributed by atoms with Gasteiger partial charge in [0.15, 0.2) is 0 Å². The number of para-hydroxylation sites is 2. The van der Waals surface area contributed by atoms with Crippen molar-refractivity contribution in [1.29, 1.82) is 0 Å². The highest BCUT2D eigenvalue weighted by atomic mass is 32.2. The van der Waals surface area contributed by atoms with Gasteiger partial charge in [-0.1, -0.05) is 12.1 Å². The SMILES string of the molecule is CS(=O)(=O)N1CCCOc2ccccc21.